The molecule has 0 bridgehead atoms. The van der Waals surface area contributed by atoms with E-state index in [1.54, 1.807) is 0 Å². The quantitative estimate of drug-likeness (QED) is 0.0992. The van der Waals surface area contributed by atoms with Gasteiger partial charge in [-0.25, -0.2) is 19.6 Å². The summed E-state index contributed by atoms with van der Waals surface area (Å²) in [5.74, 6) is -1.14. The fraction of sp³-hybridized carbons (Fsp3) is 0.407. The number of carbonyl (C=O) groups is 2. The smallest absolute Gasteiger partial charge is 0.335 e. The number of aliphatic hydroxyl groups is 2. The van der Waals surface area contributed by atoms with Gasteiger partial charge >= 0.3 is 11.9 Å². The van der Waals surface area contributed by atoms with Crippen molar-refractivity contribution >= 4 is 35.1 Å². The van der Waals surface area contributed by atoms with Crippen molar-refractivity contribution in [3.05, 3.63) is 177 Å². The molecule has 2 aromatic heterocycles. The molecule has 2 heterocycles. The third kappa shape index (κ3) is 17.9. The third-order valence-electron chi connectivity index (χ3n) is 10.6. The van der Waals surface area contributed by atoms with E-state index in [0.29, 0.717) is 17.3 Å². The Bertz CT molecular complexity index is 2270. The van der Waals surface area contributed by atoms with Gasteiger partial charge in [0.05, 0.1) is 37.0 Å². The highest BCUT2D eigenvalue weighted by Crippen LogP contribution is 2.28. The van der Waals surface area contributed by atoms with E-state index in [1.807, 2.05) is 76.4 Å². The first-order valence-electron chi connectivity index (χ1n) is 21.9. The zero-order chi connectivity index (χ0) is 49.6. The molecule has 0 unspecified atom stereocenters. The Morgan fingerprint density at radius 2 is 0.742 bits per heavy atom. The van der Waals surface area contributed by atoms with Gasteiger partial charge in [-0.15, -0.1) is 23.2 Å². The molecule has 4 aromatic carbocycles. The number of aliphatic hydroxyl groups excluding tert-OH is 2. The summed E-state index contributed by atoms with van der Waals surface area (Å²) in [4.78, 5) is 30.0. The Morgan fingerprint density at radius 1 is 0.455 bits per heavy atom. The number of nitrogens with zero attached hydrogens (tertiary/aromatic N) is 4. The first-order chi connectivity index (χ1) is 30.7. The number of aromatic carboxylic acids is 2. The van der Waals surface area contributed by atoms with Crippen LogP contribution >= 0.6 is 23.2 Å². The maximum Gasteiger partial charge on any atom is 0.335 e. The molecule has 0 radical (unpaired) electrons. The number of halogens is 2. The number of benzene rings is 4. The maximum atomic E-state index is 10.9. The monoisotopic (exact) mass is 940 g/mol. The lowest BCUT2D eigenvalue weighted by Gasteiger charge is -2.21. The van der Waals surface area contributed by atoms with Gasteiger partial charge in [0.25, 0.3) is 0 Å². The van der Waals surface area contributed by atoms with E-state index in [-0.39, 0.29) is 46.0 Å². The molecular weight excluding hydrogens is 872 g/mol. The van der Waals surface area contributed by atoms with Gasteiger partial charge in [0, 0.05) is 49.6 Å². The normalized spacial score (nSPS) is 11.6. The molecule has 0 amide bonds. The lowest BCUT2D eigenvalue weighted by atomic mass is 9.85. The number of alkyl halides is 2. The van der Waals surface area contributed by atoms with Crippen LogP contribution in [-0.4, -0.2) is 51.5 Å². The van der Waals surface area contributed by atoms with Crippen molar-refractivity contribution in [2.24, 2.45) is 0 Å². The molecule has 66 heavy (non-hydrogen) atoms. The molecule has 0 aliphatic carbocycles. The lowest BCUT2D eigenvalue weighted by Crippen LogP contribution is -2.14. The SMILES string of the molecule is CC(C)(C)c1cc(C(=O)O)cc(C(=O)O)c1.CC(C)(C)c1cc(CCl)cc(CCl)c1.CC(C)(C)c1cc(CO)cc(CO)c1.CC(C)(C)c1cc(Cn2ccnc2)cc(Cn2ccnc2)c1. The molecule has 0 saturated carbocycles. The van der Waals surface area contributed by atoms with Crippen LogP contribution in [0.1, 0.15) is 159 Å². The molecule has 0 aliphatic rings. The van der Waals surface area contributed by atoms with Crippen LogP contribution in [0.4, 0.5) is 0 Å². The van der Waals surface area contributed by atoms with E-state index >= 15 is 0 Å². The summed E-state index contributed by atoms with van der Waals surface area (Å²) in [6, 6.07) is 23.2. The molecule has 0 aliphatic heterocycles. The average molecular weight is 942 g/mol. The van der Waals surface area contributed by atoms with Crippen LogP contribution in [0.5, 0.6) is 0 Å². The predicted molar refractivity (Wildman–Crippen MR) is 268 cm³/mol. The highest BCUT2D eigenvalue weighted by Gasteiger charge is 2.20. The topological polar surface area (TPSA) is 151 Å². The average Bonchev–Trinajstić information content (AvgIpc) is 3.97. The Hall–Kier alpha value is -5.26. The van der Waals surface area contributed by atoms with Crippen molar-refractivity contribution in [3.63, 3.8) is 0 Å². The second-order valence-corrected chi connectivity index (χ2v) is 21.1. The fourth-order valence-corrected chi connectivity index (χ4v) is 6.90. The Labute approximate surface area is 402 Å². The molecule has 4 N–H and O–H groups in total. The van der Waals surface area contributed by atoms with Crippen LogP contribution in [0.2, 0.25) is 0 Å². The Kier molecular flexibility index (Phi) is 20.0. The van der Waals surface area contributed by atoms with Crippen molar-refractivity contribution in [1.82, 2.24) is 19.1 Å². The van der Waals surface area contributed by atoms with Gasteiger partial charge in [0.15, 0.2) is 0 Å². The van der Waals surface area contributed by atoms with E-state index < -0.39 is 11.9 Å². The Balaban J connectivity index is 0.000000239. The zero-order valence-corrected chi connectivity index (χ0v) is 42.3. The summed E-state index contributed by atoms with van der Waals surface area (Å²) in [6.45, 7) is 27.1. The standard InChI is InChI=1S/C18H22N4.C12H16Cl2.C12H14O4.C12H18O2/c1-18(2,3)17-9-15(11-21-6-4-19-13-21)8-16(10-17)12-22-7-5-20-14-22;1-12(2,3)11-5-9(7-13)4-10(6-11)8-14;1-12(2,3)9-5-7(10(13)14)4-8(6-9)11(15)16;1-12(2,3)11-5-9(7-13)4-10(6-11)8-14/h4-10,13-14H,11-12H2,1-3H3;4-6H,7-8H2,1-3H3;4-6H,1-3H3,(H,13,14)(H,15,16);4-6,13-14H,7-8H2,1-3H3. The number of aromatic nitrogens is 4. The summed E-state index contributed by atoms with van der Waals surface area (Å²) in [5, 5.41) is 35.9. The molecule has 0 spiro atoms. The number of hydrogen-bond donors (Lipinski definition) is 4. The van der Waals surface area contributed by atoms with Crippen LogP contribution in [0.15, 0.2) is 110 Å². The van der Waals surface area contributed by atoms with E-state index in [1.165, 1.54) is 40.5 Å². The van der Waals surface area contributed by atoms with Gasteiger partial charge in [-0.05, 0) is 95.5 Å². The fourth-order valence-electron chi connectivity index (χ4n) is 6.60. The van der Waals surface area contributed by atoms with E-state index in [9.17, 15) is 9.59 Å². The number of hydrogen-bond acceptors (Lipinski definition) is 6. The van der Waals surface area contributed by atoms with Gasteiger partial charge in [-0.2, -0.15) is 0 Å². The highest BCUT2D eigenvalue weighted by atomic mass is 35.5. The van der Waals surface area contributed by atoms with E-state index in [0.717, 1.165) is 40.9 Å². The lowest BCUT2D eigenvalue weighted by molar-refractivity contribution is 0.0696. The van der Waals surface area contributed by atoms with Crippen LogP contribution in [0.25, 0.3) is 0 Å². The number of carboxylic acids is 2. The maximum absolute atomic E-state index is 10.9. The van der Waals surface area contributed by atoms with Crippen molar-refractivity contribution in [2.75, 3.05) is 0 Å². The second kappa shape index (κ2) is 24.0. The first-order valence-corrected chi connectivity index (χ1v) is 23.0. The minimum Gasteiger partial charge on any atom is -0.478 e. The van der Waals surface area contributed by atoms with Crippen molar-refractivity contribution in [2.45, 2.75) is 143 Å². The number of imidazole rings is 2. The molecule has 0 atom stereocenters. The number of rotatable bonds is 10. The summed E-state index contributed by atoms with van der Waals surface area (Å²) in [7, 11) is 0. The minimum absolute atomic E-state index is 0.00447. The third-order valence-corrected chi connectivity index (χ3v) is 11.2. The molecule has 10 nitrogen and oxygen atoms in total. The largest absolute Gasteiger partial charge is 0.478 e. The van der Waals surface area contributed by atoms with Crippen molar-refractivity contribution in [3.8, 4) is 0 Å². The molecule has 0 saturated heterocycles. The predicted octanol–water partition coefficient (Wildman–Crippen LogP) is 12.3. The molecule has 356 valence electrons. The van der Waals surface area contributed by atoms with Crippen molar-refractivity contribution < 1.29 is 30.0 Å². The second-order valence-electron chi connectivity index (χ2n) is 20.6. The summed E-state index contributed by atoms with van der Waals surface area (Å²) < 4.78 is 4.20. The molecule has 6 rings (SSSR count). The van der Waals surface area contributed by atoms with Crippen LogP contribution in [0.3, 0.4) is 0 Å². The van der Waals surface area contributed by atoms with E-state index in [4.69, 9.17) is 43.6 Å². The minimum atomic E-state index is -1.12. The molecular formula is C54H70Cl2N4O6. The summed E-state index contributed by atoms with van der Waals surface area (Å²) in [5.41, 5.74) is 11.2. The van der Waals surface area contributed by atoms with Gasteiger partial charge < -0.3 is 29.6 Å². The van der Waals surface area contributed by atoms with Gasteiger partial charge in [0.2, 0.25) is 0 Å². The molecule has 12 heteroatoms. The molecule has 0 fully saturated rings. The van der Waals surface area contributed by atoms with Crippen molar-refractivity contribution in [1.29, 1.82) is 0 Å². The number of carboxylic acid groups (broad SMARTS) is 2. The van der Waals surface area contributed by atoms with Gasteiger partial charge in [0.1, 0.15) is 0 Å². The summed E-state index contributed by atoms with van der Waals surface area (Å²) in [6.07, 6.45) is 11.4. The van der Waals surface area contributed by atoms with E-state index in [2.05, 4.69) is 118 Å². The van der Waals surface area contributed by atoms with Gasteiger partial charge in [-0.3, -0.25) is 0 Å². The Morgan fingerprint density at radius 3 is 1.02 bits per heavy atom. The first kappa shape index (κ1) is 55.1. The zero-order valence-electron chi connectivity index (χ0n) is 40.8. The summed E-state index contributed by atoms with van der Waals surface area (Å²) >= 11 is 11.7. The van der Waals surface area contributed by atoms with Crippen LogP contribution < -0.4 is 0 Å². The highest BCUT2D eigenvalue weighted by molar-refractivity contribution is 6.17. The molecule has 6 aromatic rings. The van der Waals surface area contributed by atoms with Crippen LogP contribution in [0, 0.1) is 0 Å². The van der Waals surface area contributed by atoms with Gasteiger partial charge in [-0.1, -0.05) is 138 Å². The van der Waals surface area contributed by atoms with Crippen LogP contribution in [-0.2, 0) is 59.7 Å².